The molecule has 1 amide bonds. The molecule has 4 rings (SSSR count). The van der Waals surface area contributed by atoms with E-state index in [-0.39, 0.29) is 5.91 Å². The molecule has 3 aromatic rings. The Morgan fingerprint density at radius 3 is 2.86 bits per heavy atom. The molecular formula is C22H25N3OS3. The van der Waals surface area contributed by atoms with Crippen LogP contribution in [0.1, 0.15) is 39.0 Å². The van der Waals surface area contributed by atoms with Crippen molar-refractivity contribution in [3.63, 3.8) is 0 Å². The van der Waals surface area contributed by atoms with Gasteiger partial charge in [-0.15, -0.1) is 22.7 Å². The maximum atomic E-state index is 12.5. The molecule has 2 aromatic heterocycles. The Kier molecular flexibility index (Phi) is 6.70. The molecule has 0 aliphatic carbocycles. The highest BCUT2D eigenvalue weighted by Crippen LogP contribution is 2.26. The van der Waals surface area contributed by atoms with Gasteiger partial charge in [-0.25, -0.2) is 4.98 Å². The summed E-state index contributed by atoms with van der Waals surface area (Å²) in [7, 11) is 0. The summed E-state index contributed by atoms with van der Waals surface area (Å²) in [6, 6.07) is 10.5. The van der Waals surface area contributed by atoms with Crippen molar-refractivity contribution in [1.29, 1.82) is 0 Å². The molecule has 0 bridgehead atoms. The largest absolute Gasteiger partial charge is 0.350 e. The predicted octanol–water partition coefficient (Wildman–Crippen LogP) is 4.98. The van der Waals surface area contributed by atoms with Crippen LogP contribution in [0, 0.1) is 6.92 Å². The molecular weight excluding hydrogens is 418 g/mol. The van der Waals surface area contributed by atoms with Gasteiger partial charge in [0.2, 0.25) is 0 Å². The fourth-order valence-corrected chi connectivity index (χ4v) is 6.11. The molecule has 1 unspecified atom stereocenters. The minimum absolute atomic E-state index is 0.000155. The first kappa shape index (κ1) is 20.6. The van der Waals surface area contributed by atoms with Gasteiger partial charge in [-0.3, -0.25) is 9.69 Å². The van der Waals surface area contributed by atoms with Crippen molar-refractivity contribution in [2.45, 2.75) is 42.9 Å². The van der Waals surface area contributed by atoms with Crippen LogP contribution < -0.4 is 5.32 Å². The fourth-order valence-electron chi connectivity index (χ4n) is 3.41. The van der Waals surface area contributed by atoms with E-state index in [2.05, 4.69) is 39.0 Å². The topological polar surface area (TPSA) is 45.2 Å². The molecule has 0 fully saturated rings. The van der Waals surface area contributed by atoms with Crippen LogP contribution in [0.5, 0.6) is 0 Å². The second kappa shape index (κ2) is 9.43. The molecule has 1 atom stereocenters. The van der Waals surface area contributed by atoms with Crippen molar-refractivity contribution >= 4 is 40.3 Å². The highest BCUT2D eigenvalue weighted by Gasteiger charge is 2.21. The number of nitrogens with one attached hydrogen (secondary N) is 1. The molecule has 1 N–H and O–H groups in total. The number of carbonyl (C=O) groups excluding carboxylic acids is 1. The number of thiazole rings is 1. The summed E-state index contributed by atoms with van der Waals surface area (Å²) < 4.78 is 1.09. The van der Waals surface area contributed by atoms with E-state index in [1.165, 1.54) is 16.0 Å². The number of amides is 1. The standard InChI is InChI=1S/C22H25N3OS3/c1-15-13-28-22(24-15)29-14-17-3-5-18(6-4-17)21(26)23-11-16(2)25-9-7-20-19(12-25)8-10-27-20/h3-6,8,10,13,16H,7,9,11-12,14H2,1-2H3,(H,23,26). The first-order chi connectivity index (χ1) is 14.1. The third kappa shape index (κ3) is 5.28. The Balaban J connectivity index is 1.25. The predicted molar refractivity (Wildman–Crippen MR) is 123 cm³/mol. The lowest BCUT2D eigenvalue weighted by Crippen LogP contribution is -2.44. The van der Waals surface area contributed by atoms with Crippen molar-refractivity contribution in [3.8, 4) is 0 Å². The van der Waals surface area contributed by atoms with E-state index in [9.17, 15) is 4.79 Å². The Hall–Kier alpha value is -1.67. The second-order valence-electron chi connectivity index (χ2n) is 7.39. The molecule has 152 valence electrons. The van der Waals surface area contributed by atoms with Crippen LogP contribution in [0.15, 0.2) is 45.4 Å². The Labute approximate surface area is 184 Å². The first-order valence-electron chi connectivity index (χ1n) is 9.80. The third-order valence-electron chi connectivity index (χ3n) is 5.19. The SMILES string of the molecule is Cc1csc(SCc2ccc(C(=O)NCC(C)N3CCc4sccc4C3)cc2)n1. The average Bonchev–Trinajstić information content (AvgIpc) is 3.38. The van der Waals surface area contributed by atoms with Crippen LogP contribution >= 0.6 is 34.4 Å². The molecule has 0 saturated carbocycles. The van der Waals surface area contributed by atoms with Gasteiger partial charge >= 0.3 is 0 Å². The highest BCUT2D eigenvalue weighted by molar-refractivity contribution is 8.00. The van der Waals surface area contributed by atoms with Crippen LogP contribution in [-0.4, -0.2) is 34.9 Å². The van der Waals surface area contributed by atoms with E-state index in [4.69, 9.17) is 0 Å². The van der Waals surface area contributed by atoms with Crippen LogP contribution in [0.3, 0.4) is 0 Å². The van der Waals surface area contributed by atoms with Gasteiger partial charge in [0.05, 0.1) is 0 Å². The number of aryl methyl sites for hydroxylation is 1. The summed E-state index contributed by atoms with van der Waals surface area (Å²) in [5.41, 5.74) is 4.43. The van der Waals surface area contributed by atoms with Crippen molar-refractivity contribution in [1.82, 2.24) is 15.2 Å². The lowest BCUT2D eigenvalue weighted by Gasteiger charge is -2.32. The maximum Gasteiger partial charge on any atom is 0.251 e. The van der Waals surface area contributed by atoms with Crippen LogP contribution in [-0.2, 0) is 18.7 Å². The lowest BCUT2D eigenvalue weighted by atomic mass is 10.1. The van der Waals surface area contributed by atoms with Crippen molar-refractivity contribution in [3.05, 3.63) is 68.4 Å². The van der Waals surface area contributed by atoms with E-state index in [1.807, 2.05) is 42.5 Å². The monoisotopic (exact) mass is 443 g/mol. The molecule has 1 aliphatic rings. The van der Waals surface area contributed by atoms with Gasteiger partial charge < -0.3 is 5.32 Å². The molecule has 1 aromatic carbocycles. The van der Waals surface area contributed by atoms with Crippen molar-refractivity contribution < 1.29 is 4.79 Å². The third-order valence-corrected chi connectivity index (χ3v) is 8.43. The van der Waals surface area contributed by atoms with Gasteiger partial charge in [0.1, 0.15) is 4.34 Å². The summed E-state index contributed by atoms with van der Waals surface area (Å²) in [6.45, 7) is 6.92. The zero-order chi connectivity index (χ0) is 20.2. The Bertz CT molecular complexity index is 964. The van der Waals surface area contributed by atoms with Gasteiger partial charge in [-0.05, 0) is 55.0 Å². The van der Waals surface area contributed by atoms with E-state index < -0.39 is 0 Å². The molecule has 0 saturated heterocycles. The summed E-state index contributed by atoms with van der Waals surface area (Å²) in [4.78, 5) is 21.0. The van der Waals surface area contributed by atoms with E-state index in [0.29, 0.717) is 12.6 Å². The number of thioether (sulfide) groups is 1. The second-order valence-corrected chi connectivity index (χ2v) is 10.5. The van der Waals surface area contributed by atoms with Gasteiger partial charge in [-0.2, -0.15) is 0 Å². The van der Waals surface area contributed by atoms with Crippen LogP contribution in [0.4, 0.5) is 0 Å². The van der Waals surface area contributed by atoms with E-state index in [1.54, 1.807) is 23.1 Å². The highest BCUT2D eigenvalue weighted by atomic mass is 32.2. The van der Waals surface area contributed by atoms with Gasteiger partial charge in [-0.1, -0.05) is 23.9 Å². The van der Waals surface area contributed by atoms with Gasteiger partial charge in [0.25, 0.3) is 5.91 Å². The van der Waals surface area contributed by atoms with Gasteiger partial charge in [0.15, 0.2) is 0 Å². The molecule has 29 heavy (non-hydrogen) atoms. The molecule has 0 spiro atoms. The number of hydrogen-bond donors (Lipinski definition) is 1. The zero-order valence-electron chi connectivity index (χ0n) is 16.7. The number of aromatic nitrogens is 1. The molecule has 0 radical (unpaired) electrons. The van der Waals surface area contributed by atoms with Crippen LogP contribution in [0.2, 0.25) is 0 Å². The number of nitrogens with zero attached hydrogens (tertiary/aromatic N) is 2. The first-order valence-corrected chi connectivity index (χ1v) is 12.5. The average molecular weight is 444 g/mol. The summed E-state index contributed by atoms with van der Waals surface area (Å²) in [6.07, 6.45) is 1.12. The lowest BCUT2D eigenvalue weighted by molar-refractivity contribution is 0.0932. The molecule has 1 aliphatic heterocycles. The minimum Gasteiger partial charge on any atom is -0.350 e. The number of hydrogen-bond acceptors (Lipinski definition) is 6. The number of carbonyl (C=O) groups is 1. The van der Waals surface area contributed by atoms with Crippen LogP contribution in [0.25, 0.3) is 0 Å². The summed E-state index contributed by atoms with van der Waals surface area (Å²) >= 11 is 5.27. The smallest absolute Gasteiger partial charge is 0.251 e. The van der Waals surface area contributed by atoms with E-state index in [0.717, 1.165) is 40.9 Å². The van der Waals surface area contributed by atoms with Crippen molar-refractivity contribution in [2.75, 3.05) is 13.1 Å². The van der Waals surface area contributed by atoms with Crippen molar-refractivity contribution in [2.24, 2.45) is 0 Å². The molecule has 7 heteroatoms. The van der Waals surface area contributed by atoms with E-state index >= 15 is 0 Å². The number of fused-ring (bicyclic) bond motifs is 1. The number of benzene rings is 1. The molecule has 4 nitrogen and oxygen atoms in total. The molecule has 3 heterocycles. The van der Waals surface area contributed by atoms with Gasteiger partial charge in [0, 0.05) is 52.9 Å². The Morgan fingerprint density at radius 2 is 2.10 bits per heavy atom. The number of rotatable bonds is 7. The fraction of sp³-hybridized carbons (Fsp3) is 0.364. The quantitative estimate of drug-likeness (QED) is 0.523. The summed E-state index contributed by atoms with van der Waals surface area (Å²) in [5, 5.41) is 7.35. The minimum atomic E-state index is -0.000155. The summed E-state index contributed by atoms with van der Waals surface area (Å²) in [5.74, 6) is 0.866. The normalized spacial score (nSPS) is 15.1. The maximum absolute atomic E-state index is 12.5. The zero-order valence-corrected chi connectivity index (χ0v) is 19.1. The number of thiophene rings is 1. The Morgan fingerprint density at radius 1 is 1.28 bits per heavy atom.